The number of halogens is 2. The molecular formula is C11H15F2N3O. The van der Waals surface area contributed by atoms with E-state index in [4.69, 9.17) is 0 Å². The van der Waals surface area contributed by atoms with Gasteiger partial charge in [0, 0.05) is 19.8 Å². The van der Waals surface area contributed by atoms with E-state index < -0.39 is 18.9 Å². The van der Waals surface area contributed by atoms with Crippen molar-refractivity contribution in [2.24, 2.45) is 0 Å². The summed E-state index contributed by atoms with van der Waals surface area (Å²) in [6.45, 7) is 2.08. The number of hydrogen-bond donors (Lipinski definition) is 1. The molecule has 0 saturated carbocycles. The van der Waals surface area contributed by atoms with Crippen molar-refractivity contribution in [1.29, 1.82) is 0 Å². The van der Waals surface area contributed by atoms with Crippen LogP contribution in [-0.4, -0.2) is 42.4 Å². The Kier molecular flexibility index (Phi) is 4.81. The average molecular weight is 243 g/mol. The van der Waals surface area contributed by atoms with E-state index in [0.29, 0.717) is 11.4 Å². The summed E-state index contributed by atoms with van der Waals surface area (Å²) in [7, 11) is 1.34. The molecule has 0 radical (unpaired) electrons. The van der Waals surface area contributed by atoms with E-state index in [0.717, 1.165) is 11.4 Å². The second kappa shape index (κ2) is 6.12. The molecule has 6 heteroatoms. The first-order valence-corrected chi connectivity index (χ1v) is 5.28. The monoisotopic (exact) mass is 243 g/mol. The standard InChI is InChI=1S/C11H15F2N3O/c1-3-14-10-5-4-8(6-15-10)11(17)16(2)7-9(12)13/h4-6,9H,3,7H2,1-2H3,(H,14,15). The number of nitrogens with zero attached hydrogens (tertiary/aromatic N) is 2. The van der Waals surface area contributed by atoms with Crippen LogP contribution in [0, 0.1) is 0 Å². The number of carbonyl (C=O) groups excluding carboxylic acids is 1. The van der Waals surface area contributed by atoms with Gasteiger partial charge in [0.05, 0.1) is 12.1 Å². The highest BCUT2D eigenvalue weighted by atomic mass is 19.3. The molecule has 0 bridgehead atoms. The van der Waals surface area contributed by atoms with Gasteiger partial charge in [-0.15, -0.1) is 0 Å². The molecule has 0 atom stereocenters. The zero-order valence-electron chi connectivity index (χ0n) is 9.78. The number of pyridine rings is 1. The summed E-state index contributed by atoms with van der Waals surface area (Å²) < 4.78 is 24.2. The summed E-state index contributed by atoms with van der Waals surface area (Å²) in [6.07, 6.45) is -1.15. The van der Waals surface area contributed by atoms with Gasteiger partial charge in [0.25, 0.3) is 12.3 Å². The first-order valence-electron chi connectivity index (χ1n) is 5.28. The van der Waals surface area contributed by atoms with Crippen LogP contribution < -0.4 is 5.32 Å². The van der Waals surface area contributed by atoms with Crippen LogP contribution in [0.25, 0.3) is 0 Å². The van der Waals surface area contributed by atoms with Gasteiger partial charge in [0.15, 0.2) is 0 Å². The van der Waals surface area contributed by atoms with E-state index in [1.54, 1.807) is 12.1 Å². The quantitative estimate of drug-likeness (QED) is 0.858. The van der Waals surface area contributed by atoms with Crippen LogP contribution in [0.5, 0.6) is 0 Å². The third-order valence-corrected chi connectivity index (χ3v) is 2.13. The predicted octanol–water partition coefficient (Wildman–Crippen LogP) is 1.85. The molecule has 0 aliphatic heterocycles. The molecule has 0 aromatic carbocycles. The Morgan fingerprint density at radius 3 is 2.71 bits per heavy atom. The van der Waals surface area contributed by atoms with Gasteiger partial charge < -0.3 is 10.2 Å². The smallest absolute Gasteiger partial charge is 0.255 e. The second-order valence-corrected chi connectivity index (χ2v) is 3.54. The molecule has 4 nitrogen and oxygen atoms in total. The summed E-state index contributed by atoms with van der Waals surface area (Å²) >= 11 is 0. The van der Waals surface area contributed by atoms with Crippen molar-refractivity contribution in [3.8, 4) is 0 Å². The van der Waals surface area contributed by atoms with E-state index >= 15 is 0 Å². The highest BCUT2D eigenvalue weighted by Gasteiger charge is 2.15. The number of hydrogen-bond acceptors (Lipinski definition) is 3. The van der Waals surface area contributed by atoms with Gasteiger partial charge in [-0.25, -0.2) is 13.8 Å². The molecule has 0 aliphatic rings. The fourth-order valence-electron chi connectivity index (χ4n) is 1.32. The Labute approximate surface area is 98.6 Å². The lowest BCUT2D eigenvalue weighted by molar-refractivity contribution is 0.0620. The van der Waals surface area contributed by atoms with Crippen molar-refractivity contribution in [3.05, 3.63) is 23.9 Å². The molecule has 0 spiro atoms. The number of aromatic nitrogens is 1. The van der Waals surface area contributed by atoms with Crippen LogP contribution in [-0.2, 0) is 0 Å². The van der Waals surface area contributed by atoms with E-state index in [1.165, 1.54) is 13.2 Å². The van der Waals surface area contributed by atoms with Crippen LogP contribution in [0.1, 0.15) is 17.3 Å². The molecule has 17 heavy (non-hydrogen) atoms. The minimum Gasteiger partial charge on any atom is -0.370 e. The van der Waals surface area contributed by atoms with E-state index in [9.17, 15) is 13.6 Å². The van der Waals surface area contributed by atoms with Crippen LogP contribution in [0.15, 0.2) is 18.3 Å². The van der Waals surface area contributed by atoms with Gasteiger partial charge in [-0.3, -0.25) is 4.79 Å². The first kappa shape index (κ1) is 13.3. The number of alkyl halides is 2. The summed E-state index contributed by atoms with van der Waals surface area (Å²) in [5.74, 6) is 0.196. The Balaban J connectivity index is 2.69. The average Bonchev–Trinajstić information content (AvgIpc) is 2.28. The topological polar surface area (TPSA) is 45.2 Å². The van der Waals surface area contributed by atoms with Gasteiger partial charge >= 0.3 is 0 Å². The largest absolute Gasteiger partial charge is 0.370 e. The Morgan fingerprint density at radius 2 is 2.24 bits per heavy atom. The van der Waals surface area contributed by atoms with Crippen LogP contribution in [0.2, 0.25) is 0 Å². The molecule has 1 heterocycles. The minimum absolute atomic E-state index is 0.301. The van der Waals surface area contributed by atoms with Gasteiger partial charge in [0.1, 0.15) is 5.82 Å². The maximum absolute atomic E-state index is 12.1. The van der Waals surface area contributed by atoms with Crippen LogP contribution >= 0.6 is 0 Å². The summed E-state index contributed by atoms with van der Waals surface area (Å²) in [6, 6.07) is 3.21. The molecule has 0 saturated heterocycles. The number of carbonyl (C=O) groups is 1. The molecule has 0 fully saturated rings. The third-order valence-electron chi connectivity index (χ3n) is 2.13. The van der Waals surface area contributed by atoms with E-state index in [-0.39, 0.29) is 0 Å². The normalized spacial score (nSPS) is 10.4. The van der Waals surface area contributed by atoms with Crippen molar-refractivity contribution < 1.29 is 13.6 Å². The SMILES string of the molecule is CCNc1ccc(C(=O)N(C)CC(F)F)cn1. The minimum atomic E-state index is -2.53. The van der Waals surface area contributed by atoms with E-state index in [2.05, 4.69) is 10.3 Å². The zero-order chi connectivity index (χ0) is 12.8. The van der Waals surface area contributed by atoms with Crippen molar-refractivity contribution in [2.45, 2.75) is 13.3 Å². The van der Waals surface area contributed by atoms with Crippen molar-refractivity contribution in [3.63, 3.8) is 0 Å². The lowest BCUT2D eigenvalue weighted by atomic mass is 10.2. The Hall–Kier alpha value is -1.72. The molecular weight excluding hydrogens is 228 g/mol. The fourth-order valence-corrected chi connectivity index (χ4v) is 1.32. The van der Waals surface area contributed by atoms with Gasteiger partial charge in [-0.1, -0.05) is 0 Å². The maximum atomic E-state index is 12.1. The fraction of sp³-hybridized carbons (Fsp3) is 0.455. The van der Waals surface area contributed by atoms with Gasteiger partial charge in [-0.05, 0) is 19.1 Å². The van der Waals surface area contributed by atoms with Crippen molar-refractivity contribution in [2.75, 3.05) is 25.5 Å². The Morgan fingerprint density at radius 1 is 1.53 bits per heavy atom. The van der Waals surface area contributed by atoms with Crippen LogP contribution in [0.4, 0.5) is 14.6 Å². The Bertz CT molecular complexity index is 367. The molecule has 1 aromatic heterocycles. The third kappa shape index (κ3) is 3.97. The lowest BCUT2D eigenvalue weighted by Gasteiger charge is -2.16. The molecule has 1 N–H and O–H groups in total. The first-order chi connectivity index (χ1) is 8.04. The second-order valence-electron chi connectivity index (χ2n) is 3.54. The predicted molar refractivity (Wildman–Crippen MR) is 61.4 cm³/mol. The van der Waals surface area contributed by atoms with Crippen molar-refractivity contribution in [1.82, 2.24) is 9.88 Å². The summed E-state index contributed by atoms with van der Waals surface area (Å²) in [4.78, 5) is 16.7. The molecule has 0 unspecified atom stereocenters. The molecule has 1 aromatic rings. The van der Waals surface area contributed by atoms with E-state index in [1.807, 2.05) is 6.92 Å². The lowest BCUT2D eigenvalue weighted by Crippen LogP contribution is -2.31. The molecule has 0 aliphatic carbocycles. The van der Waals surface area contributed by atoms with Gasteiger partial charge in [-0.2, -0.15) is 0 Å². The number of rotatable bonds is 5. The molecule has 94 valence electrons. The number of nitrogens with one attached hydrogen (secondary N) is 1. The summed E-state index contributed by atoms with van der Waals surface area (Å²) in [5.41, 5.74) is 0.301. The number of anilines is 1. The highest BCUT2D eigenvalue weighted by Crippen LogP contribution is 2.08. The maximum Gasteiger partial charge on any atom is 0.255 e. The van der Waals surface area contributed by atoms with Crippen molar-refractivity contribution >= 4 is 11.7 Å². The summed E-state index contributed by atoms with van der Waals surface area (Å²) in [5, 5.41) is 2.98. The van der Waals surface area contributed by atoms with Crippen LogP contribution in [0.3, 0.4) is 0 Å². The highest BCUT2D eigenvalue weighted by molar-refractivity contribution is 5.93. The molecule has 1 amide bonds. The van der Waals surface area contributed by atoms with Gasteiger partial charge in [0.2, 0.25) is 0 Å². The number of amides is 1. The zero-order valence-corrected chi connectivity index (χ0v) is 9.78. The molecule has 1 rings (SSSR count).